The highest BCUT2D eigenvalue weighted by Gasteiger charge is 2.28. The van der Waals surface area contributed by atoms with Gasteiger partial charge in [0.15, 0.2) is 6.10 Å². The molecule has 1 unspecified atom stereocenters. The Labute approximate surface area is 418 Å². The van der Waals surface area contributed by atoms with E-state index < -0.39 is 6.10 Å². The van der Waals surface area contributed by atoms with E-state index in [2.05, 4.69) is 114 Å². The lowest BCUT2D eigenvalue weighted by molar-refractivity contribution is -0.163. The summed E-state index contributed by atoms with van der Waals surface area (Å²) < 4.78 is 17.6. The van der Waals surface area contributed by atoms with Crippen LogP contribution in [0.25, 0.3) is 0 Å². The van der Waals surface area contributed by atoms with E-state index in [0.29, 0.717) is 43.8 Å². The zero-order valence-electron chi connectivity index (χ0n) is 46.3. The van der Waals surface area contributed by atoms with Gasteiger partial charge in [-0.2, -0.15) is 0 Å². The molecule has 2 rings (SSSR count). The molecule has 0 heterocycles. The minimum atomic E-state index is -0.639. The third-order valence-corrected chi connectivity index (χ3v) is 13.4. The molecule has 0 spiro atoms. The molecule has 0 aromatic heterocycles. The molecule has 0 radical (unpaired) electrons. The molecule has 390 valence electrons. The monoisotopic (exact) mass is 949 g/mol. The number of aromatic hydroxyl groups is 2. The molecular formula is C61H104O7. The predicted octanol–water partition coefficient (Wildman–Crippen LogP) is 16.9. The average molecular weight is 949 g/mol. The van der Waals surface area contributed by atoms with Crippen molar-refractivity contribution in [2.75, 3.05) is 19.8 Å². The Hall–Kier alpha value is -3.06. The molecule has 0 aliphatic heterocycles. The van der Waals surface area contributed by atoms with Crippen molar-refractivity contribution in [1.29, 1.82) is 0 Å². The van der Waals surface area contributed by atoms with E-state index in [0.717, 1.165) is 73.6 Å². The average Bonchev–Trinajstić information content (AvgIpc) is 3.24. The Balaban J connectivity index is 1.83. The third kappa shape index (κ3) is 25.2. The number of unbranched alkanes of at least 4 members (excludes halogenated alkanes) is 19. The molecule has 7 nitrogen and oxygen atoms in total. The van der Waals surface area contributed by atoms with Crippen LogP contribution >= 0.6 is 0 Å². The highest BCUT2D eigenvalue weighted by Crippen LogP contribution is 2.41. The molecular weight excluding hydrogens is 845 g/mol. The minimum Gasteiger partial charge on any atom is -0.507 e. The SMILES string of the molecule is CCCCCCCCCCCCCCCCCCOCC(COC(=O)CCCCCc1cc(C(C)(C)C)c(O)c(C(C)(C)C)c1)OC(=O)CCCCCc1cc(C(C)(C)C)c(O)c(C(C)(C)C)c1. The molecule has 2 aromatic carbocycles. The van der Waals surface area contributed by atoms with E-state index in [1.54, 1.807) is 0 Å². The summed E-state index contributed by atoms with van der Waals surface area (Å²) in [6, 6.07) is 8.58. The molecule has 0 saturated heterocycles. The van der Waals surface area contributed by atoms with E-state index >= 15 is 0 Å². The quantitative estimate of drug-likeness (QED) is 0.0532. The second kappa shape index (κ2) is 31.3. The summed E-state index contributed by atoms with van der Waals surface area (Å²) in [4.78, 5) is 26.1. The summed E-state index contributed by atoms with van der Waals surface area (Å²) in [6.45, 7) is 28.7. The van der Waals surface area contributed by atoms with Crippen LogP contribution < -0.4 is 0 Å². The number of ether oxygens (including phenoxy) is 3. The van der Waals surface area contributed by atoms with Crippen molar-refractivity contribution >= 4 is 11.9 Å². The lowest BCUT2D eigenvalue weighted by atomic mass is 9.78. The zero-order valence-corrected chi connectivity index (χ0v) is 46.3. The Morgan fingerprint density at radius 3 is 1.12 bits per heavy atom. The van der Waals surface area contributed by atoms with E-state index in [1.807, 2.05) is 0 Å². The molecule has 7 heteroatoms. The first-order valence-corrected chi connectivity index (χ1v) is 27.6. The van der Waals surface area contributed by atoms with Gasteiger partial charge in [0.1, 0.15) is 18.1 Å². The summed E-state index contributed by atoms with van der Waals surface area (Å²) in [7, 11) is 0. The molecule has 0 aliphatic rings. The van der Waals surface area contributed by atoms with Gasteiger partial charge in [-0.05, 0) is 100.0 Å². The van der Waals surface area contributed by atoms with Crippen molar-refractivity contribution in [3.05, 3.63) is 57.6 Å². The fourth-order valence-electron chi connectivity index (χ4n) is 9.10. The van der Waals surface area contributed by atoms with Crippen molar-refractivity contribution in [3.8, 4) is 11.5 Å². The van der Waals surface area contributed by atoms with Gasteiger partial charge in [0.25, 0.3) is 0 Å². The van der Waals surface area contributed by atoms with Gasteiger partial charge in [-0.25, -0.2) is 0 Å². The van der Waals surface area contributed by atoms with Crippen LogP contribution in [0, 0.1) is 0 Å². The summed E-state index contributed by atoms with van der Waals surface area (Å²) in [5.41, 5.74) is 5.64. The van der Waals surface area contributed by atoms with Crippen molar-refractivity contribution in [3.63, 3.8) is 0 Å². The number of esters is 2. The maximum Gasteiger partial charge on any atom is 0.306 e. The number of hydrogen-bond donors (Lipinski definition) is 2. The molecule has 1 atom stereocenters. The molecule has 2 N–H and O–H groups in total. The summed E-state index contributed by atoms with van der Waals surface area (Å²) in [5.74, 6) is 0.233. The zero-order chi connectivity index (χ0) is 50.8. The third-order valence-electron chi connectivity index (χ3n) is 13.4. The van der Waals surface area contributed by atoms with Crippen LogP contribution in [0.3, 0.4) is 0 Å². The maximum absolute atomic E-state index is 13.1. The summed E-state index contributed by atoms with van der Waals surface area (Å²) in [5, 5.41) is 22.2. The molecule has 68 heavy (non-hydrogen) atoms. The van der Waals surface area contributed by atoms with Crippen LogP contribution in [-0.4, -0.2) is 48.1 Å². The minimum absolute atomic E-state index is 0.00469. The smallest absolute Gasteiger partial charge is 0.306 e. The molecule has 0 amide bonds. The number of rotatable bonds is 34. The lowest BCUT2D eigenvalue weighted by Crippen LogP contribution is -2.30. The summed E-state index contributed by atoms with van der Waals surface area (Å²) >= 11 is 0. The molecule has 0 aliphatic carbocycles. The number of carbonyl (C=O) groups is 2. The predicted molar refractivity (Wildman–Crippen MR) is 287 cm³/mol. The van der Waals surface area contributed by atoms with Gasteiger partial charge < -0.3 is 24.4 Å². The van der Waals surface area contributed by atoms with Gasteiger partial charge in [0.05, 0.1) is 6.61 Å². The van der Waals surface area contributed by atoms with E-state index in [9.17, 15) is 19.8 Å². The molecule has 0 bridgehead atoms. The van der Waals surface area contributed by atoms with Crippen LogP contribution in [0.2, 0.25) is 0 Å². The lowest BCUT2D eigenvalue weighted by Gasteiger charge is -2.28. The molecule has 2 aromatic rings. The first-order chi connectivity index (χ1) is 31.9. The number of hydrogen-bond acceptors (Lipinski definition) is 7. The highest BCUT2D eigenvalue weighted by molar-refractivity contribution is 5.70. The van der Waals surface area contributed by atoms with Crippen LogP contribution in [-0.2, 0) is 58.3 Å². The fourth-order valence-corrected chi connectivity index (χ4v) is 9.10. The molecule has 0 saturated carbocycles. The first kappa shape index (κ1) is 61.1. The van der Waals surface area contributed by atoms with Crippen LogP contribution in [0.15, 0.2) is 24.3 Å². The van der Waals surface area contributed by atoms with Gasteiger partial charge in [-0.15, -0.1) is 0 Å². The van der Waals surface area contributed by atoms with Crippen molar-refractivity contribution < 1.29 is 34.0 Å². The van der Waals surface area contributed by atoms with Gasteiger partial charge in [-0.1, -0.05) is 223 Å². The normalized spacial score (nSPS) is 13.0. The first-order valence-electron chi connectivity index (χ1n) is 27.6. The Bertz CT molecular complexity index is 1640. The van der Waals surface area contributed by atoms with Gasteiger partial charge in [0, 0.05) is 19.4 Å². The van der Waals surface area contributed by atoms with Crippen LogP contribution in [0.5, 0.6) is 11.5 Å². The van der Waals surface area contributed by atoms with Crippen molar-refractivity contribution in [2.24, 2.45) is 0 Å². The second-order valence-corrected chi connectivity index (χ2v) is 24.4. The van der Waals surface area contributed by atoms with Crippen LogP contribution in [0.1, 0.15) is 277 Å². The van der Waals surface area contributed by atoms with Gasteiger partial charge in [0.2, 0.25) is 0 Å². The van der Waals surface area contributed by atoms with Crippen molar-refractivity contribution in [1.82, 2.24) is 0 Å². The number of phenolic OH excluding ortho intramolecular Hbond substituents is 2. The Morgan fingerprint density at radius 2 is 0.765 bits per heavy atom. The largest absolute Gasteiger partial charge is 0.507 e. The standard InChI is InChI=1S/C61H104O7/c1-14-15-16-17-18-19-20-21-22-23-24-25-26-27-28-35-40-66-45-49(68-55(63)39-34-30-32-37-48-43-52(60(8,9)10)57(65)53(44-48)61(11,12)13)46-67-54(62)38-33-29-31-36-47-41-50(58(2,3)4)56(64)51(42-47)59(5,6)7/h41-44,49,64-65H,14-40,45-46H2,1-13H3. The van der Waals surface area contributed by atoms with E-state index in [-0.39, 0.29) is 46.8 Å². The number of carbonyl (C=O) groups excluding carboxylic acids is 2. The number of aryl methyl sites for hydroxylation is 2. The van der Waals surface area contributed by atoms with Gasteiger partial charge in [-0.3, -0.25) is 9.59 Å². The maximum atomic E-state index is 13.1. The van der Waals surface area contributed by atoms with E-state index in [1.165, 1.54) is 101 Å². The number of benzene rings is 2. The number of phenols is 2. The topological polar surface area (TPSA) is 102 Å². The summed E-state index contributed by atoms with van der Waals surface area (Å²) in [6.07, 6.45) is 27.9. The fraction of sp³-hybridized carbons (Fsp3) is 0.770. The highest BCUT2D eigenvalue weighted by atomic mass is 16.6. The Morgan fingerprint density at radius 1 is 0.441 bits per heavy atom. The van der Waals surface area contributed by atoms with Crippen LogP contribution in [0.4, 0.5) is 0 Å². The van der Waals surface area contributed by atoms with E-state index in [4.69, 9.17) is 14.2 Å². The second-order valence-electron chi connectivity index (χ2n) is 24.4. The van der Waals surface area contributed by atoms with Crippen molar-refractivity contribution in [2.45, 2.75) is 285 Å². The van der Waals surface area contributed by atoms with Gasteiger partial charge >= 0.3 is 11.9 Å². The Kier molecular flexibility index (Phi) is 28.1. The molecule has 0 fully saturated rings.